The van der Waals surface area contributed by atoms with Gasteiger partial charge in [0.15, 0.2) is 0 Å². The van der Waals surface area contributed by atoms with Gasteiger partial charge in [0.1, 0.15) is 0 Å². The molecule has 1 aliphatic carbocycles. The number of nitrogens with zero attached hydrogens (tertiary/aromatic N) is 2. The quantitative estimate of drug-likeness (QED) is 0.549. The molecule has 9 heavy (non-hydrogen) atoms. The van der Waals surface area contributed by atoms with Gasteiger partial charge in [0, 0.05) is 18.4 Å². The Morgan fingerprint density at radius 1 is 1.78 bits per heavy atom. The summed E-state index contributed by atoms with van der Waals surface area (Å²) in [6, 6.07) is 0.674. The molecule has 1 atom stereocenters. The highest BCUT2D eigenvalue weighted by Crippen LogP contribution is 2.44. The number of hydrogen-bond acceptors (Lipinski definition) is 1. The third-order valence-corrected chi connectivity index (χ3v) is 1.81. The topological polar surface area (TPSA) is 17.8 Å². The van der Waals surface area contributed by atoms with Crippen LogP contribution in [0.25, 0.3) is 0 Å². The van der Waals surface area contributed by atoms with Crippen molar-refractivity contribution < 1.29 is 0 Å². The lowest BCUT2D eigenvalue weighted by Gasteiger charge is -1.94. The Morgan fingerprint density at radius 3 is 3.00 bits per heavy atom. The van der Waals surface area contributed by atoms with E-state index < -0.39 is 0 Å². The molecule has 0 aliphatic heterocycles. The second kappa shape index (κ2) is 1.59. The number of hydrogen-bond donors (Lipinski definition) is 0. The predicted molar refractivity (Wildman–Crippen MR) is 34.8 cm³/mol. The average Bonchev–Trinajstić information content (AvgIpc) is 2.44. The Hall–Kier alpha value is -0.790. The SMILES string of the molecule is C[C]1CC1n1ccnc1. The van der Waals surface area contributed by atoms with Crippen molar-refractivity contribution in [3.63, 3.8) is 0 Å². The number of imidazole rings is 1. The van der Waals surface area contributed by atoms with Crippen LogP contribution in [0.4, 0.5) is 0 Å². The van der Waals surface area contributed by atoms with Gasteiger partial charge in [-0.15, -0.1) is 0 Å². The molecule has 0 amide bonds. The van der Waals surface area contributed by atoms with E-state index in [1.807, 2.05) is 18.7 Å². The Morgan fingerprint density at radius 2 is 2.56 bits per heavy atom. The highest BCUT2D eigenvalue weighted by atomic mass is 15.1. The molecule has 0 saturated heterocycles. The van der Waals surface area contributed by atoms with Crippen molar-refractivity contribution in [1.29, 1.82) is 0 Å². The zero-order chi connectivity index (χ0) is 6.27. The van der Waals surface area contributed by atoms with Crippen molar-refractivity contribution >= 4 is 0 Å². The van der Waals surface area contributed by atoms with Gasteiger partial charge < -0.3 is 4.57 Å². The van der Waals surface area contributed by atoms with E-state index in [1.165, 1.54) is 6.42 Å². The van der Waals surface area contributed by atoms with Gasteiger partial charge >= 0.3 is 0 Å². The summed E-state index contributed by atoms with van der Waals surface area (Å²) in [5.41, 5.74) is 0. The predicted octanol–water partition coefficient (Wildman–Crippen LogP) is 1.42. The molecule has 1 unspecified atom stereocenters. The minimum absolute atomic E-state index is 0.674. The molecule has 0 spiro atoms. The lowest BCUT2D eigenvalue weighted by Crippen LogP contribution is -1.88. The van der Waals surface area contributed by atoms with Crippen molar-refractivity contribution in [3.8, 4) is 0 Å². The van der Waals surface area contributed by atoms with Gasteiger partial charge in [0.2, 0.25) is 0 Å². The fourth-order valence-corrected chi connectivity index (χ4v) is 1.06. The van der Waals surface area contributed by atoms with Crippen LogP contribution in [0.15, 0.2) is 18.7 Å². The molecule has 47 valence electrons. The summed E-state index contributed by atoms with van der Waals surface area (Å²) < 4.78 is 2.15. The van der Waals surface area contributed by atoms with Crippen LogP contribution >= 0.6 is 0 Å². The van der Waals surface area contributed by atoms with E-state index in [9.17, 15) is 0 Å². The summed E-state index contributed by atoms with van der Waals surface area (Å²) in [5.74, 6) is 1.56. The van der Waals surface area contributed by atoms with Gasteiger partial charge in [-0.05, 0) is 12.3 Å². The highest BCUT2D eigenvalue weighted by Gasteiger charge is 2.34. The zero-order valence-corrected chi connectivity index (χ0v) is 5.41. The molecule has 2 rings (SSSR count). The summed E-state index contributed by atoms with van der Waals surface area (Å²) in [5, 5.41) is 0. The molecule has 0 bridgehead atoms. The Labute approximate surface area is 54.5 Å². The monoisotopic (exact) mass is 121 g/mol. The maximum absolute atomic E-state index is 3.97. The van der Waals surface area contributed by atoms with Crippen LogP contribution in [0, 0.1) is 5.92 Å². The molecule has 0 N–H and O–H groups in total. The third-order valence-electron chi connectivity index (χ3n) is 1.81. The van der Waals surface area contributed by atoms with E-state index in [1.54, 1.807) is 5.92 Å². The second-order valence-corrected chi connectivity index (χ2v) is 2.58. The molecule has 1 aliphatic rings. The largest absolute Gasteiger partial charge is 0.334 e. The minimum Gasteiger partial charge on any atom is -0.334 e. The molecule has 1 aromatic heterocycles. The summed E-state index contributed by atoms with van der Waals surface area (Å²) in [6.07, 6.45) is 6.96. The number of aromatic nitrogens is 2. The van der Waals surface area contributed by atoms with Crippen LogP contribution < -0.4 is 0 Å². The molecule has 1 heterocycles. The average molecular weight is 121 g/mol. The van der Waals surface area contributed by atoms with Crippen LogP contribution in [-0.4, -0.2) is 9.55 Å². The second-order valence-electron chi connectivity index (χ2n) is 2.58. The lowest BCUT2D eigenvalue weighted by atomic mass is 10.5. The Kier molecular flexibility index (Phi) is 0.891. The minimum atomic E-state index is 0.674. The van der Waals surface area contributed by atoms with Crippen molar-refractivity contribution in [2.24, 2.45) is 0 Å². The van der Waals surface area contributed by atoms with Crippen molar-refractivity contribution in [2.75, 3.05) is 0 Å². The zero-order valence-electron chi connectivity index (χ0n) is 5.41. The van der Waals surface area contributed by atoms with Crippen LogP contribution in [0.2, 0.25) is 0 Å². The van der Waals surface area contributed by atoms with Gasteiger partial charge in [-0.2, -0.15) is 0 Å². The number of rotatable bonds is 1. The molecule has 1 saturated carbocycles. The Balaban J connectivity index is 2.18. The first-order valence-electron chi connectivity index (χ1n) is 3.17. The molecule has 2 nitrogen and oxygen atoms in total. The van der Waals surface area contributed by atoms with Gasteiger partial charge in [0.05, 0.1) is 6.33 Å². The summed E-state index contributed by atoms with van der Waals surface area (Å²) in [4.78, 5) is 3.97. The lowest BCUT2D eigenvalue weighted by molar-refractivity contribution is 0.747. The van der Waals surface area contributed by atoms with E-state index in [4.69, 9.17) is 0 Å². The Bertz CT molecular complexity index is 191. The molecule has 2 heteroatoms. The molecular weight excluding hydrogens is 112 g/mol. The molecule has 1 radical (unpaired) electrons. The first-order chi connectivity index (χ1) is 4.38. The molecule has 1 fully saturated rings. The van der Waals surface area contributed by atoms with E-state index >= 15 is 0 Å². The summed E-state index contributed by atoms with van der Waals surface area (Å²) in [6.45, 7) is 2.19. The molecule has 0 aromatic carbocycles. The van der Waals surface area contributed by atoms with Gasteiger partial charge in [-0.25, -0.2) is 4.98 Å². The fourth-order valence-electron chi connectivity index (χ4n) is 1.06. The summed E-state index contributed by atoms with van der Waals surface area (Å²) in [7, 11) is 0. The van der Waals surface area contributed by atoms with Crippen LogP contribution in [0.5, 0.6) is 0 Å². The standard InChI is InChI=1S/C7H9N2/c1-6-4-7(6)9-3-2-8-5-9/h2-3,5,7H,4H2,1H3. The van der Waals surface area contributed by atoms with Crippen LogP contribution in [-0.2, 0) is 0 Å². The van der Waals surface area contributed by atoms with E-state index in [0.29, 0.717) is 6.04 Å². The van der Waals surface area contributed by atoms with Crippen molar-refractivity contribution in [3.05, 3.63) is 24.6 Å². The first-order valence-corrected chi connectivity index (χ1v) is 3.17. The van der Waals surface area contributed by atoms with Gasteiger partial charge in [-0.3, -0.25) is 0 Å². The first kappa shape index (κ1) is 5.03. The van der Waals surface area contributed by atoms with Gasteiger partial charge in [-0.1, -0.05) is 6.92 Å². The maximum atomic E-state index is 3.97. The smallest absolute Gasteiger partial charge is 0.0948 e. The van der Waals surface area contributed by atoms with Crippen molar-refractivity contribution in [2.45, 2.75) is 19.4 Å². The highest BCUT2D eigenvalue weighted by molar-refractivity contribution is 5.15. The normalized spacial score (nSPS) is 26.6. The van der Waals surface area contributed by atoms with Crippen LogP contribution in [0.3, 0.4) is 0 Å². The summed E-state index contributed by atoms with van der Waals surface area (Å²) >= 11 is 0. The van der Waals surface area contributed by atoms with E-state index in [2.05, 4.69) is 16.5 Å². The van der Waals surface area contributed by atoms with Crippen molar-refractivity contribution in [1.82, 2.24) is 9.55 Å². The van der Waals surface area contributed by atoms with Crippen LogP contribution in [0.1, 0.15) is 19.4 Å². The molecule has 1 aromatic rings. The fraction of sp³-hybridized carbons (Fsp3) is 0.429. The van der Waals surface area contributed by atoms with E-state index in [0.717, 1.165) is 0 Å². The van der Waals surface area contributed by atoms with Gasteiger partial charge in [0.25, 0.3) is 0 Å². The molecular formula is C7H9N2. The maximum Gasteiger partial charge on any atom is 0.0948 e. The third kappa shape index (κ3) is 0.745. The van der Waals surface area contributed by atoms with E-state index in [-0.39, 0.29) is 0 Å².